The number of aromatic nitrogens is 1. The van der Waals surface area contributed by atoms with Crippen molar-refractivity contribution in [3.63, 3.8) is 0 Å². The maximum Gasteiger partial charge on any atom is 0.314 e. The molecule has 2 atom stereocenters. The van der Waals surface area contributed by atoms with E-state index in [1.54, 1.807) is 36.6 Å². The zero-order chi connectivity index (χ0) is 16.6. The van der Waals surface area contributed by atoms with E-state index in [0.717, 1.165) is 0 Å². The first-order valence-corrected chi connectivity index (χ1v) is 8.84. The van der Waals surface area contributed by atoms with Crippen molar-refractivity contribution in [2.45, 2.75) is 23.8 Å². The summed E-state index contributed by atoms with van der Waals surface area (Å²) in [6, 6.07) is 10.6. The van der Waals surface area contributed by atoms with E-state index in [-0.39, 0.29) is 11.8 Å². The highest BCUT2D eigenvalue weighted by Gasteiger charge is 2.37. The van der Waals surface area contributed by atoms with Gasteiger partial charge in [0.05, 0.1) is 13.0 Å². The summed E-state index contributed by atoms with van der Waals surface area (Å²) in [6.45, 7) is 0.542. The molecule has 0 saturated heterocycles. The summed E-state index contributed by atoms with van der Waals surface area (Å²) in [4.78, 5) is 25.3. The molecular formula is C17H17NO4S. The van der Waals surface area contributed by atoms with E-state index in [4.69, 9.17) is 4.74 Å². The summed E-state index contributed by atoms with van der Waals surface area (Å²) in [5.74, 6) is -0.902. The maximum absolute atomic E-state index is 12.9. The van der Waals surface area contributed by atoms with Crippen LogP contribution in [0.1, 0.15) is 34.1 Å². The second-order valence-electron chi connectivity index (χ2n) is 5.45. The summed E-state index contributed by atoms with van der Waals surface area (Å²) < 4.78 is 18.7. The second kappa shape index (κ2) is 6.22. The number of rotatable bonds is 4. The molecule has 120 valence electrons. The molecule has 1 aromatic heterocycles. The van der Waals surface area contributed by atoms with Crippen LogP contribution in [0, 0.1) is 0 Å². The Morgan fingerprint density at radius 3 is 2.61 bits per heavy atom. The lowest BCUT2D eigenvalue weighted by Gasteiger charge is -2.09. The van der Waals surface area contributed by atoms with Gasteiger partial charge in [0.25, 0.3) is 0 Å². The summed E-state index contributed by atoms with van der Waals surface area (Å²) in [5, 5.41) is 0. The number of hydrogen-bond acceptors (Lipinski definition) is 4. The van der Waals surface area contributed by atoms with Crippen LogP contribution >= 0.6 is 0 Å². The number of ether oxygens (including phenoxy) is 1. The third kappa shape index (κ3) is 2.68. The van der Waals surface area contributed by atoms with Gasteiger partial charge >= 0.3 is 5.97 Å². The second-order valence-corrected chi connectivity index (χ2v) is 6.80. The number of nitrogens with zero attached hydrogens (tertiary/aromatic N) is 1. The summed E-state index contributed by atoms with van der Waals surface area (Å²) in [6.07, 6.45) is 2.13. The molecule has 0 aliphatic carbocycles. The number of benzene rings is 1. The third-order valence-corrected chi connectivity index (χ3v) is 5.07. The average molecular weight is 331 g/mol. The van der Waals surface area contributed by atoms with Crippen molar-refractivity contribution in [2.24, 2.45) is 0 Å². The zero-order valence-corrected chi connectivity index (χ0v) is 13.8. The smallest absolute Gasteiger partial charge is 0.314 e. The fraction of sp³-hybridized carbons (Fsp3) is 0.294. The highest BCUT2D eigenvalue weighted by Crippen LogP contribution is 2.36. The van der Waals surface area contributed by atoms with Gasteiger partial charge in [-0.1, -0.05) is 30.3 Å². The number of fused-ring (bicyclic) bond motifs is 1. The molecule has 1 aromatic carbocycles. The third-order valence-electron chi connectivity index (χ3n) is 4.14. The lowest BCUT2D eigenvalue weighted by molar-refractivity contribution is -0.142. The molecule has 0 spiro atoms. The fourth-order valence-electron chi connectivity index (χ4n) is 3.04. The van der Waals surface area contributed by atoms with E-state index in [9.17, 15) is 14.1 Å². The highest BCUT2D eigenvalue weighted by atomic mass is 32.2. The van der Waals surface area contributed by atoms with E-state index >= 15 is 0 Å². The van der Waals surface area contributed by atoms with Crippen LogP contribution in [0.25, 0.3) is 0 Å². The van der Waals surface area contributed by atoms with Gasteiger partial charge in [-0.15, -0.1) is 0 Å². The van der Waals surface area contributed by atoms with Gasteiger partial charge in [-0.2, -0.15) is 0 Å². The minimum Gasteiger partial charge on any atom is -0.612 e. The van der Waals surface area contributed by atoms with Crippen molar-refractivity contribution in [3.8, 4) is 0 Å². The van der Waals surface area contributed by atoms with Gasteiger partial charge in [-0.3, -0.25) is 9.59 Å². The van der Waals surface area contributed by atoms with E-state index < -0.39 is 17.1 Å². The van der Waals surface area contributed by atoms with Crippen molar-refractivity contribution < 1.29 is 18.9 Å². The first kappa shape index (κ1) is 15.8. The lowest BCUT2D eigenvalue weighted by atomic mass is 10.1. The van der Waals surface area contributed by atoms with Crippen LogP contribution in [0.15, 0.2) is 41.3 Å². The van der Waals surface area contributed by atoms with Crippen LogP contribution in [0.3, 0.4) is 0 Å². The quantitative estimate of drug-likeness (QED) is 0.489. The first-order chi connectivity index (χ1) is 11.0. The van der Waals surface area contributed by atoms with Crippen LogP contribution in [0.5, 0.6) is 0 Å². The molecule has 0 fully saturated rings. The Balaban J connectivity index is 2.10. The molecule has 0 radical (unpaired) electrons. The van der Waals surface area contributed by atoms with Crippen LogP contribution < -0.4 is 0 Å². The number of methoxy groups -OCH3 is 1. The minimum absolute atomic E-state index is 0.174. The number of hydrogen-bond donors (Lipinski definition) is 0. The normalized spacial score (nSPS) is 17.6. The number of carbonyl (C=O) groups is 2. The number of ketones is 1. The number of carbonyl (C=O) groups excluding carboxylic acids is 2. The summed E-state index contributed by atoms with van der Waals surface area (Å²) >= 11 is -1.32. The molecule has 23 heavy (non-hydrogen) atoms. The molecule has 0 bridgehead atoms. The van der Waals surface area contributed by atoms with E-state index in [1.165, 1.54) is 7.11 Å². The molecule has 2 heterocycles. The predicted octanol–water partition coefficient (Wildman–Crippen LogP) is 2.12. The molecule has 0 N–H and O–H groups in total. The molecule has 1 aliphatic heterocycles. The van der Waals surface area contributed by atoms with Gasteiger partial charge in [-0.05, 0) is 17.6 Å². The zero-order valence-electron chi connectivity index (χ0n) is 12.9. The van der Waals surface area contributed by atoms with E-state index in [1.807, 2.05) is 10.6 Å². The molecule has 0 amide bonds. The Hall–Kier alpha value is -2.05. The minimum atomic E-state index is -1.32. The van der Waals surface area contributed by atoms with Crippen molar-refractivity contribution in [3.05, 3.63) is 53.3 Å². The van der Waals surface area contributed by atoms with E-state index in [0.29, 0.717) is 34.8 Å². The van der Waals surface area contributed by atoms with Crippen molar-refractivity contribution >= 4 is 22.9 Å². The van der Waals surface area contributed by atoms with Gasteiger partial charge < -0.3 is 13.9 Å². The Bertz CT molecular complexity index is 751. The monoisotopic (exact) mass is 331 g/mol. The Kier molecular flexibility index (Phi) is 4.28. The Labute approximate surface area is 137 Å². The van der Waals surface area contributed by atoms with Gasteiger partial charge in [0.2, 0.25) is 5.78 Å². The summed E-state index contributed by atoms with van der Waals surface area (Å²) in [7, 11) is 1.35. The topological polar surface area (TPSA) is 71.4 Å². The molecule has 1 aliphatic rings. The molecular weight excluding hydrogens is 314 g/mol. The SMILES string of the molecule is COC(=O)C1CCn2c1cc([S+](C)[O-])c2C(=O)c1ccccc1. The summed E-state index contributed by atoms with van der Waals surface area (Å²) in [5.41, 5.74) is 1.67. The van der Waals surface area contributed by atoms with Crippen molar-refractivity contribution in [1.82, 2.24) is 4.57 Å². The Morgan fingerprint density at radius 2 is 2.00 bits per heavy atom. The molecule has 5 nitrogen and oxygen atoms in total. The first-order valence-electron chi connectivity index (χ1n) is 7.29. The largest absolute Gasteiger partial charge is 0.612 e. The van der Waals surface area contributed by atoms with Crippen LogP contribution in [0.2, 0.25) is 0 Å². The van der Waals surface area contributed by atoms with Crippen LogP contribution in [0.4, 0.5) is 0 Å². The van der Waals surface area contributed by atoms with Gasteiger partial charge in [-0.25, -0.2) is 0 Å². The van der Waals surface area contributed by atoms with Crippen LogP contribution in [-0.2, 0) is 27.3 Å². The molecule has 2 aromatic rings. The maximum atomic E-state index is 12.9. The predicted molar refractivity (Wildman–Crippen MR) is 86.0 cm³/mol. The van der Waals surface area contributed by atoms with Crippen molar-refractivity contribution in [2.75, 3.05) is 13.4 Å². The fourth-order valence-corrected chi connectivity index (χ4v) is 3.80. The van der Waals surface area contributed by atoms with Gasteiger partial charge in [0.15, 0.2) is 4.90 Å². The highest BCUT2D eigenvalue weighted by molar-refractivity contribution is 7.90. The number of esters is 1. The molecule has 6 heteroatoms. The molecule has 0 saturated carbocycles. The van der Waals surface area contributed by atoms with E-state index in [2.05, 4.69) is 0 Å². The standard InChI is InChI=1S/C17H17NO4S/c1-22-17(20)12-8-9-18-13(12)10-14(23(2)21)15(18)16(19)11-6-4-3-5-7-11/h3-7,10,12H,8-9H2,1-2H3. The Morgan fingerprint density at radius 1 is 1.30 bits per heavy atom. The lowest BCUT2D eigenvalue weighted by Crippen LogP contribution is -2.13. The van der Waals surface area contributed by atoms with Gasteiger partial charge in [0, 0.05) is 23.9 Å². The van der Waals surface area contributed by atoms with Crippen LogP contribution in [-0.4, -0.2) is 34.2 Å². The van der Waals surface area contributed by atoms with Crippen molar-refractivity contribution in [1.29, 1.82) is 0 Å². The molecule has 3 rings (SSSR count). The average Bonchev–Trinajstić information content (AvgIpc) is 3.13. The van der Waals surface area contributed by atoms with Gasteiger partial charge in [0.1, 0.15) is 11.9 Å². The molecule has 2 unspecified atom stereocenters.